The van der Waals surface area contributed by atoms with Gasteiger partial charge in [0.05, 0.1) is 16.1 Å². The lowest BCUT2D eigenvalue weighted by Gasteiger charge is -2.29. The number of nitrogens with zero attached hydrogens (tertiary/aromatic N) is 2. The van der Waals surface area contributed by atoms with Gasteiger partial charge in [-0.15, -0.1) is 0 Å². The van der Waals surface area contributed by atoms with Gasteiger partial charge in [0.15, 0.2) is 4.77 Å². The summed E-state index contributed by atoms with van der Waals surface area (Å²) < 4.78 is 2.94. The Labute approximate surface area is 129 Å². The van der Waals surface area contributed by atoms with E-state index >= 15 is 0 Å². The number of rotatable bonds is 3. The van der Waals surface area contributed by atoms with Crippen molar-refractivity contribution in [2.45, 2.75) is 25.8 Å². The zero-order valence-corrected chi connectivity index (χ0v) is 13.3. The maximum atomic E-state index is 6.32. The summed E-state index contributed by atoms with van der Waals surface area (Å²) in [6.45, 7) is 3.38. The summed E-state index contributed by atoms with van der Waals surface area (Å²) in [6, 6.07) is 5.92. The summed E-state index contributed by atoms with van der Waals surface area (Å²) in [4.78, 5) is 5.66. The molecule has 2 aromatic rings. The van der Waals surface area contributed by atoms with Crippen molar-refractivity contribution in [2.24, 2.45) is 5.92 Å². The summed E-state index contributed by atoms with van der Waals surface area (Å²) in [5, 5.41) is 0.776. The Kier molecular flexibility index (Phi) is 4.15. The van der Waals surface area contributed by atoms with E-state index in [4.69, 9.17) is 23.8 Å². The number of hydrogen-bond acceptors (Lipinski definition) is 2. The van der Waals surface area contributed by atoms with Crippen LogP contribution in [0.15, 0.2) is 18.2 Å². The first-order chi connectivity index (χ1) is 9.65. The standard InChI is InChI=1S/C15H20ClN3S/c1-18-8-5-11(6-9-18)7-10-19-14-12(16)3-2-4-13(14)17-15(19)20/h2-4,11H,5-10H2,1H3,(H,17,20). The number of para-hydroxylation sites is 1. The normalized spacial score (nSPS) is 17.9. The predicted molar refractivity (Wildman–Crippen MR) is 87.0 cm³/mol. The van der Waals surface area contributed by atoms with Gasteiger partial charge in [-0.1, -0.05) is 17.7 Å². The number of imidazole rings is 1. The summed E-state index contributed by atoms with van der Waals surface area (Å²) in [7, 11) is 2.20. The van der Waals surface area contributed by atoms with E-state index in [-0.39, 0.29) is 0 Å². The molecule has 1 aromatic carbocycles. The maximum absolute atomic E-state index is 6.32. The first kappa shape index (κ1) is 14.1. The number of benzene rings is 1. The van der Waals surface area contributed by atoms with Crippen LogP contribution in [-0.2, 0) is 6.54 Å². The average Bonchev–Trinajstić information content (AvgIpc) is 2.75. The molecule has 1 aliphatic heterocycles. The first-order valence-electron chi connectivity index (χ1n) is 7.20. The van der Waals surface area contributed by atoms with E-state index in [1.807, 2.05) is 18.2 Å². The van der Waals surface area contributed by atoms with Gasteiger partial charge in [0.2, 0.25) is 0 Å². The van der Waals surface area contributed by atoms with Gasteiger partial charge in [-0.2, -0.15) is 0 Å². The molecule has 1 aliphatic rings. The van der Waals surface area contributed by atoms with Crippen LogP contribution in [0.2, 0.25) is 5.02 Å². The molecular weight excluding hydrogens is 290 g/mol. The van der Waals surface area contributed by atoms with Crippen molar-refractivity contribution in [3.05, 3.63) is 28.0 Å². The monoisotopic (exact) mass is 309 g/mol. The molecule has 108 valence electrons. The van der Waals surface area contributed by atoms with Crippen LogP contribution < -0.4 is 0 Å². The van der Waals surface area contributed by atoms with Gasteiger partial charge in [-0.05, 0) is 69.7 Å². The van der Waals surface area contributed by atoms with Crippen LogP contribution >= 0.6 is 23.8 Å². The Morgan fingerprint density at radius 1 is 1.35 bits per heavy atom. The van der Waals surface area contributed by atoms with Crippen molar-refractivity contribution in [2.75, 3.05) is 20.1 Å². The van der Waals surface area contributed by atoms with Gasteiger partial charge in [-0.3, -0.25) is 0 Å². The maximum Gasteiger partial charge on any atom is 0.178 e. The molecule has 0 bridgehead atoms. The molecule has 2 heterocycles. The molecule has 1 saturated heterocycles. The van der Waals surface area contributed by atoms with E-state index in [1.54, 1.807) is 0 Å². The Hall–Kier alpha value is -0.840. The first-order valence-corrected chi connectivity index (χ1v) is 7.99. The molecule has 0 spiro atoms. The van der Waals surface area contributed by atoms with Crippen LogP contribution in [-0.4, -0.2) is 34.6 Å². The molecule has 0 aliphatic carbocycles. The fraction of sp³-hybridized carbons (Fsp3) is 0.533. The topological polar surface area (TPSA) is 24.0 Å². The zero-order valence-electron chi connectivity index (χ0n) is 11.7. The van der Waals surface area contributed by atoms with E-state index in [0.717, 1.165) is 33.3 Å². The van der Waals surface area contributed by atoms with Gasteiger partial charge in [0.1, 0.15) is 0 Å². The molecule has 0 amide bonds. The molecule has 1 aromatic heterocycles. The molecule has 1 N–H and O–H groups in total. The number of H-pyrrole nitrogens is 1. The zero-order chi connectivity index (χ0) is 14.1. The van der Waals surface area contributed by atoms with Crippen molar-refractivity contribution in [1.29, 1.82) is 0 Å². The number of halogens is 1. The number of fused-ring (bicyclic) bond motifs is 1. The van der Waals surface area contributed by atoms with Crippen molar-refractivity contribution < 1.29 is 0 Å². The van der Waals surface area contributed by atoms with Crippen LogP contribution in [0.3, 0.4) is 0 Å². The van der Waals surface area contributed by atoms with Crippen LogP contribution in [0, 0.1) is 10.7 Å². The second-order valence-electron chi connectivity index (χ2n) is 5.75. The quantitative estimate of drug-likeness (QED) is 0.864. The van der Waals surface area contributed by atoms with Crippen molar-refractivity contribution in [1.82, 2.24) is 14.5 Å². The number of hydrogen-bond donors (Lipinski definition) is 1. The summed E-state index contributed by atoms with van der Waals surface area (Å²) in [5.74, 6) is 0.806. The molecule has 0 unspecified atom stereocenters. The van der Waals surface area contributed by atoms with Gasteiger partial charge in [0.25, 0.3) is 0 Å². The Balaban J connectivity index is 1.78. The summed E-state index contributed by atoms with van der Waals surface area (Å²) in [5.41, 5.74) is 2.08. The molecular formula is C15H20ClN3S. The van der Waals surface area contributed by atoms with E-state index in [2.05, 4.69) is 21.5 Å². The number of aryl methyl sites for hydroxylation is 1. The lowest BCUT2D eigenvalue weighted by Crippen LogP contribution is -2.30. The largest absolute Gasteiger partial charge is 0.331 e. The van der Waals surface area contributed by atoms with Gasteiger partial charge in [0, 0.05) is 6.54 Å². The minimum absolute atomic E-state index is 0.776. The van der Waals surface area contributed by atoms with Gasteiger partial charge >= 0.3 is 0 Å². The lowest BCUT2D eigenvalue weighted by molar-refractivity contribution is 0.208. The van der Waals surface area contributed by atoms with Crippen LogP contribution in [0.4, 0.5) is 0 Å². The smallest absolute Gasteiger partial charge is 0.178 e. The van der Waals surface area contributed by atoms with E-state index < -0.39 is 0 Å². The van der Waals surface area contributed by atoms with Crippen molar-refractivity contribution in [3.8, 4) is 0 Å². The Bertz CT molecular complexity index is 653. The van der Waals surface area contributed by atoms with Gasteiger partial charge in [-0.25, -0.2) is 0 Å². The predicted octanol–water partition coefficient (Wildman–Crippen LogP) is 4.08. The molecule has 0 saturated carbocycles. The molecule has 3 rings (SSSR count). The Morgan fingerprint density at radius 2 is 2.10 bits per heavy atom. The SMILES string of the molecule is CN1CCC(CCn2c(=S)[nH]c3cccc(Cl)c32)CC1. The fourth-order valence-electron chi connectivity index (χ4n) is 3.05. The van der Waals surface area contributed by atoms with Crippen molar-refractivity contribution in [3.63, 3.8) is 0 Å². The highest BCUT2D eigenvalue weighted by Crippen LogP contribution is 2.26. The number of aromatic nitrogens is 2. The summed E-state index contributed by atoms with van der Waals surface area (Å²) >= 11 is 11.8. The van der Waals surface area contributed by atoms with E-state index in [0.29, 0.717) is 0 Å². The van der Waals surface area contributed by atoms with Gasteiger partial charge < -0.3 is 14.5 Å². The molecule has 20 heavy (non-hydrogen) atoms. The highest BCUT2D eigenvalue weighted by molar-refractivity contribution is 7.71. The number of aromatic amines is 1. The van der Waals surface area contributed by atoms with E-state index in [9.17, 15) is 0 Å². The number of likely N-dealkylation sites (tertiary alicyclic amines) is 1. The van der Waals surface area contributed by atoms with Crippen LogP contribution in [0.1, 0.15) is 19.3 Å². The van der Waals surface area contributed by atoms with Crippen molar-refractivity contribution >= 4 is 34.9 Å². The minimum Gasteiger partial charge on any atom is -0.331 e. The molecule has 0 atom stereocenters. The molecule has 0 radical (unpaired) electrons. The molecule has 3 nitrogen and oxygen atoms in total. The summed E-state index contributed by atoms with van der Waals surface area (Å²) in [6.07, 6.45) is 3.76. The third-order valence-corrected chi connectivity index (χ3v) is 4.97. The Morgan fingerprint density at radius 3 is 2.85 bits per heavy atom. The van der Waals surface area contributed by atoms with Crippen LogP contribution in [0.25, 0.3) is 11.0 Å². The number of nitrogens with one attached hydrogen (secondary N) is 1. The van der Waals surface area contributed by atoms with E-state index in [1.165, 1.54) is 32.4 Å². The minimum atomic E-state index is 0.776. The number of piperidine rings is 1. The third-order valence-electron chi connectivity index (χ3n) is 4.34. The molecule has 5 heteroatoms. The molecule has 1 fully saturated rings. The fourth-order valence-corrected chi connectivity index (χ4v) is 3.62. The lowest BCUT2D eigenvalue weighted by atomic mass is 9.94. The highest BCUT2D eigenvalue weighted by Gasteiger charge is 2.17. The average molecular weight is 310 g/mol. The second kappa shape index (κ2) is 5.88. The third kappa shape index (κ3) is 2.78. The highest BCUT2D eigenvalue weighted by atomic mass is 35.5. The van der Waals surface area contributed by atoms with Crippen LogP contribution in [0.5, 0.6) is 0 Å². The second-order valence-corrected chi connectivity index (χ2v) is 6.55.